The van der Waals surface area contributed by atoms with E-state index < -0.39 is 0 Å². The number of anilines is 3. The number of amides is 2. The monoisotopic (exact) mass is 474 g/mol. The first-order chi connectivity index (χ1) is 16.1. The van der Waals surface area contributed by atoms with Gasteiger partial charge in [-0.25, -0.2) is 0 Å². The van der Waals surface area contributed by atoms with Gasteiger partial charge in [0.15, 0.2) is 0 Å². The molecule has 10 heteroatoms. The number of hydrogen-bond acceptors (Lipinski definition) is 7. The maximum Gasteiger partial charge on any atom is 0.242 e. The van der Waals surface area contributed by atoms with Crippen LogP contribution in [0.4, 0.5) is 17.1 Å². The minimum Gasteiger partial charge on any atom is -0.326 e. The summed E-state index contributed by atoms with van der Waals surface area (Å²) in [6.07, 6.45) is 0. The Morgan fingerprint density at radius 2 is 1.67 bits per heavy atom. The van der Waals surface area contributed by atoms with Crippen molar-refractivity contribution in [2.45, 2.75) is 21.9 Å². The summed E-state index contributed by atoms with van der Waals surface area (Å²) in [5.74, 6) is -0.0786. The lowest BCUT2D eigenvalue weighted by Gasteiger charge is -2.30. The van der Waals surface area contributed by atoms with Crippen molar-refractivity contribution in [1.29, 1.82) is 0 Å². The number of para-hydroxylation sites is 2. The summed E-state index contributed by atoms with van der Waals surface area (Å²) in [6.45, 7) is 1.45. The molecule has 0 spiro atoms. The van der Waals surface area contributed by atoms with Crippen LogP contribution in [0.2, 0.25) is 0 Å². The molecule has 1 N–H and O–H groups in total. The van der Waals surface area contributed by atoms with Crippen LogP contribution in [0, 0.1) is 0 Å². The van der Waals surface area contributed by atoms with E-state index in [0.717, 1.165) is 21.2 Å². The summed E-state index contributed by atoms with van der Waals surface area (Å²) < 4.78 is 1.55. The van der Waals surface area contributed by atoms with E-state index in [-0.39, 0.29) is 17.6 Å². The van der Waals surface area contributed by atoms with E-state index in [4.69, 9.17) is 0 Å². The molecule has 5 rings (SSSR count). The number of nitrogens with zero attached hydrogens (tertiary/aromatic N) is 5. The molecule has 2 amide bonds. The van der Waals surface area contributed by atoms with Gasteiger partial charge in [0.05, 0.1) is 22.8 Å². The average molecular weight is 475 g/mol. The number of benzene rings is 3. The van der Waals surface area contributed by atoms with Crippen LogP contribution in [0.1, 0.15) is 6.92 Å². The highest BCUT2D eigenvalue weighted by Gasteiger charge is 2.28. The third kappa shape index (κ3) is 4.35. The van der Waals surface area contributed by atoms with Crippen molar-refractivity contribution < 1.29 is 9.59 Å². The highest BCUT2D eigenvalue weighted by atomic mass is 32.2. The van der Waals surface area contributed by atoms with Gasteiger partial charge < -0.3 is 5.32 Å². The zero-order valence-electron chi connectivity index (χ0n) is 17.5. The van der Waals surface area contributed by atoms with Gasteiger partial charge in [0.1, 0.15) is 0 Å². The van der Waals surface area contributed by atoms with Gasteiger partial charge in [-0.05, 0) is 52.9 Å². The van der Waals surface area contributed by atoms with Gasteiger partial charge in [-0.3, -0.25) is 14.5 Å². The molecule has 33 heavy (non-hydrogen) atoms. The Balaban J connectivity index is 1.39. The van der Waals surface area contributed by atoms with Crippen LogP contribution in [-0.4, -0.2) is 37.8 Å². The Morgan fingerprint density at radius 3 is 2.36 bits per heavy atom. The van der Waals surface area contributed by atoms with Gasteiger partial charge >= 0.3 is 0 Å². The van der Waals surface area contributed by atoms with E-state index in [1.165, 1.54) is 18.7 Å². The molecule has 0 saturated heterocycles. The summed E-state index contributed by atoms with van der Waals surface area (Å²) in [5.41, 5.74) is 3.07. The summed E-state index contributed by atoms with van der Waals surface area (Å²) in [5, 5.41) is 15.2. The highest BCUT2D eigenvalue weighted by Crippen LogP contribution is 2.48. The minimum atomic E-state index is -0.163. The summed E-state index contributed by atoms with van der Waals surface area (Å²) in [7, 11) is 0. The maximum absolute atomic E-state index is 13.4. The van der Waals surface area contributed by atoms with Crippen molar-refractivity contribution in [3.8, 4) is 5.69 Å². The van der Waals surface area contributed by atoms with Crippen LogP contribution in [0.5, 0.6) is 0 Å². The molecular formula is C23H18N6O2S2. The first kappa shape index (κ1) is 21.2. The van der Waals surface area contributed by atoms with Crippen LogP contribution in [-0.2, 0) is 9.59 Å². The lowest BCUT2D eigenvalue weighted by atomic mass is 10.2. The Morgan fingerprint density at radius 1 is 0.970 bits per heavy atom. The second kappa shape index (κ2) is 9.08. The zero-order chi connectivity index (χ0) is 22.8. The normalized spacial score (nSPS) is 12.1. The Bertz CT molecular complexity index is 1310. The van der Waals surface area contributed by atoms with Gasteiger partial charge in [0.2, 0.25) is 17.0 Å². The van der Waals surface area contributed by atoms with Crippen LogP contribution in [0.3, 0.4) is 0 Å². The van der Waals surface area contributed by atoms with Crippen molar-refractivity contribution in [3.05, 3.63) is 72.8 Å². The molecule has 0 radical (unpaired) electrons. The standard InChI is InChI=1S/C23H18N6O2S2/c1-15(30)24-16-7-6-8-17(13-16)29-23(25-26-27-29)32-14-22(31)28-18-9-2-4-11-20(18)33-21-12-5-3-10-19(21)28/h2-13H,14H2,1H3,(H,24,30). The predicted octanol–water partition coefficient (Wildman–Crippen LogP) is 4.54. The lowest BCUT2D eigenvalue weighted by molar-refractivity contribution is -0.115. The number of thioether (sulfide) groups is 1. The van der Waals surface area contributed by atoms with E-state index in [1.807, 2.05) is 54.6 Å². The van der Waals surface area contributed by atoms with Gasteiger partial charge in [-0.15, -0.1) is 5.10 Å². The molecular weight excluding hydrogens is 456 g/mol. The summed E-state index contributed by atoms with van der Waals surface area (Å²) in [6, 6.07) is 23.0. The summed E-state index contributed by atoms with van der Waals surface area (Å²) in [4.78, 5) is 28.6. The van der Waals surface area contributed by atoms with Crippen molar-refractivity contribution in [1.82, 2.24) is 20.2 Å². The molecule has 164 valence electrons. The van der Waals surface area contributed by atoms with E-state index >= 15 is 0 Å². The Hall–Kier alpha value is -3.63. The predicted molar refractivity (Wildman–Crippen MR) is 128 cm³/mol. The second-order valence-electron chi connectivity index (χ2n) is 7.16. The number of nitrogens with one attached hydrogen (secondary N) is 1. The largest absolute Gasteiger partial charge is 0.326 e. The molecule has 3 aromatic carbocycles. The first-order valence-corrected chi connectivity index (χ1v) is 11.9. The third-order valence-electron chi connectivity index (χ3n) is 4.86. The van der Waals surface area contributed by atoms with Gasteiger partial charge in [-0.1, -0.05) is 53.9 Å². The zero-order valence-corrected chi connectivity index (χ0v) is 19.1. The van der Waals surface area contributed by atoms with Crippen molar-refractivity contribution in [2.24, 2.45) is 0 Å². The number of rotatable bonds is 5. The highest BCUT2D eigenvalue weighted by molar-refractivity contribution is 8.00. The molecule has 1 aliphatic heterocycles. The topological polar surface area (TPSA) is 93.0 Å². The molecule has 0 aliphatic carbocycles. The van der Waals surface area contributed by atoms with Crippen LogP contribution < -0.4 is 10.2 Å². The molecule has 0 atom stereocenters. The molecule has 8 nitrogen and oxygen atoms in total. The number of fused-ring (bicyclic) bond motifs is 2. The van der Waals surface area contributed by atoms with Crippen molar-refractivity contribution >= 4 is 52.4 Å². The Kier molecular flexibility index (Phi) is 5.84. The van der Waals surface area contributed by atoms with Crippen molar-refractivity contribution in [3.63, 3.8) is 0 Å². The molecule has 0 unspecified atom stereocenters. The molecule has 1 aromatic heterocycles. The fourth-order valence-electron chi connectivity index (χ4n) is 3.51. The number of tetrazole rings is 1. The van der Waals surface area contributed by atoms with Crippen molar-refractivity contribution in [2.75, 3.05) is 16.0 Å². The summed E-state index contributed by atoms with van der Waals surface area (Å²) >= 11 is 2.92. The van der Waals surface area contributed by atoms with Gasteiger partial charge in [0, 0.05) is 22.4 Å². The van der Waals surface area contributed by atoms with Crippen LogP contribution >= 0.6 is 23.5 Å². The smallest absolute Gasteiger partial charge is 0.242 e. The van der Waals surface area contributed by atoms with E-state index in [2.05, 4.69) is 20.8 Å². The quantitative estimate of drug-likeness (QED) is 0.425. The molecule has 1 aliphatic rings. The number of hydrogen-bond donors (Lipinski definition) is 1. The molecule has 0 fully saturated rings. The van der Waals surface area contributed by atoms with Gasteiger partial charge in [-0.2, -0.15) is 4.68 Å². The number of carbonyl (C=O) groups excluding carboxylic acids is 2. The first-order valence-electron chi connectivity index (χ1n) is 10.1. The average Bonchev–Trinajstić information content (AvgIpc) is 3.29. The lowest BCUT2D eigenvalue weighted by Crippen LogP contribution is -2.30. The molecule has 0 saturated carbocycles. The fourth-order valence-corrected chi connectivity index (χ4v) is 5.31. The SMILES string of the molecule is CC(=O)Nc1cccc(-n2nnnc2SCC(=O)N2c3ccccc3Sc3ccccc32)c1. The van der Waals surface area contributed by atoms with E-state index in [1.54, 1.807) is 39.5 Å². The molecule has 2 heterocycles. The molecule has 0 bridgehead atoms. The van der Waals surface area contributed by atoms with Gasteiger partial charge in [0.25, 0.3) is 0 Å². The third-order valence-corrected chi connectivity index (χ3v) is 6.89. The van der Waals surface area contributed by atoms with Crippen LogP contribution in [0.15, 0.2) is 87.7 Å². The fraction of sp³-hybridized carbons (Fsp3) is 0.0870. The number of aromatic nitrogens is 4. The van der Waals surface area contributed by atoms with E-state index in [0.29, 0.717) is 16.5 Å². The van der Waals surface area contributed by atoms with Crippen LogP contribution in [0.25, 0.3) is 5.69 Å². The molecule has 4 aromatic rings. The Labute approximate surface area is 198 Å². The minimum absolute atomic E-state index is 0.0678. The van der Waals surface area contributed by atoms with E-state index in [9.17, 15) is 9.59 Å². The maximum atomic E-state index is 13.4. The number of carbonyl (C=O) groups is 2. The second-order valence-corrected chi connectivity index (χ2v) is 9.19.